The first kappa shape index (κ1) is 14.2. The van der Waals surface area contributed by atoms with Crippen LogP contribution in [0.1, 0.15) is 12.8 Å². The van der Waals surface area contributed by atoms with E-state index in [-0.39, 0.29) is 25.2 Å². The van der Waals surface area contributed by atoms with E-state index in [0.717, 1.165) is 19.5 Å². The van der Waals surface area contributed by atoms with Gasteiger partial charge in [-0.3, -0.25) is 4.90 Å². The number of likely N-dealkylation sites (tertiary alicyclic amines) is 1. The van der Waals surface area contributed by atoms with Crippen LogP contribution < -0.4 is 0 Å². The summed E-state index contributed by atoms with van der Waals surface area (Å²) in [5.74, 6) is 0.0690. The van der Waals surface area contributed by atoms with Crippen LogP contribution in [0.4, 0.5) is 0 Å². The van der Waals surface area contributed by atoms with Crippen molar-refractivity contribution in [3.8, 4) is 0 Å². The van der Waals surface area contributed by atoms with Crippen molar-refractivity contribution in [1.29, 1.82) is 0 Å². The first-order chi connectivity index (χ1) is 8.72. The van der Waals surface area contributed by atoms with E-state index in [0.29, 0.717) is 6.42 Å². The van der Waals surface area contributed by atoms with Gasteiger partial charge in [-0.1, -0.05) is 0 Å². The molecule has 18 heavy (non-hydrogen) atoms. The van der Waals surface area contributed by atoms with Crippen LogP contribution in [-0.4, -0.2) is 78.2 Å². The van der Waals surface area contributed by atoms with Crippen LogP contribution in [-0.2, 0) is 9.47 Å². The largest absolute Gasteiger partial charge is 0.396 e. The van der Waals surface area contributed by atoms with Crippen molar-refractivity contribution in [2.45, 2.75) is 37.4 Å². The molecule has 2 heterocycles. The summed E-state index contributed by atoms with van der Waals surface area (Å²) in [6, 6.07) is 0.0133. The van der Waals surface area contributed by atoms with Crippen molar-refractivity contribution in [3.05, 3.63) is 0 Å². The second-order valence-electron chi connectivity index (χ2n) is 5.01. The zero-order valence-corrected chi connectivity index (χ0v) is 10.7. The molecule has 2 rings (SSSR count). The van der Waals surface area contributed by atoms with Gasteiger partial charge in [0.15, 0.2) is 6.29 Å². The first-order valence-electron chi connectivity index (χ1n) is 6.55. The molecular formula is C12H23NO5. The van der Waals surface area contributed by atoms with E-state index >= 15 is 0 Å². The molecule has 5 atom stereocenters. The van der Waals surface area contributed by atoms with Crippen LogP contribution in [0.15, 0.2) is 0 Å². The highest BCUT2D eigenvalue weighted by Gasteiger charge is 2.50. The summed E-state index contributed by atoms with van der Waals surface area (Å²) in [6.07, 6.45) is -0.0489. The summed E-state index contributed by atoms with van der Waals surface area (Å²) in [5.41, 5.74) is 0. The van der Waals surface area contributed by atoms with Gasteiger partial charge in [0.25, 0.3) is 0 Å². The number of hydrogen-bond donors (Lipinski definition) is 3. The topological polar surface area (TPSA) is 82.4 Å². The van der Waals surface area contributed by atoms with Crippen LogP contribution >= 0.6 is 0 Å². The molecule has 0 aromatic carbocycles. The molecule has 6 nitrogen and oxygen atoms in total. The molecule has 0 spiro atoms. The lowest BCUT2D eigenvalue weighted by Gasteiger charge is -2.43. The summed E-state index contributed by atoms with van der Waals surface area (Å²) in [6.45, 7) is 1.61. The summed E-state index contributed by atoms with van der Waals surface area (Å²) in [4.78, 5) is 2.20. The Hall–Kier alpha value is -0.240. The number of nitrogens with zero attached hydrogens (tertiary/aromatic N) is 1. The maximum Gasteiger partial charge on any atom is 0.173 e. The molecule has 0 aromatic rings. The molecule has 0 amide bonds. The average molecular weight is 261 g/mol. The van der Waals surface area contributed by atoms with Crippen molar-refractivity contribution in [2.75, 3.05) is 33.4 Å². The first-order valence-corrected chi connectivity index (χ1v) is 6.55. The van der Waals surface area contributed by atoms with E-state index in [1.807, 2.05) is 0 Å². The van der Waals surface area contributed by atoms with E-state index in [2.05, 4.69) is 4.90 Å². The Balaban J connectivity index is 2.07. The lowest BCUT2D eigenvalue weighted by Crippen LogP contribution is -2.58. The van der Waals surface area contributed by atoms with Gasteiger partial charge in [-0.2, -0.15) is 0 Å². The minimum absolute atomic E-state index is 0.0133. The van der Waals surface area contributed by atoms with Crippen LogP contribution in [0.3, 0.4) is 0 Å². The summed E-state index contributed by atoms with van der Waals surface area (Å²) in [7, 11) is 1.58. The van der Waals surface area contributed by atoms with Crippen LogP contribution in [0.2, 0.25) is 0 Å². The lowest BCUT2D eigenvalue weighted by molar-refractivity contribution is -0.257. The molecule has 106 valence electrons. The minimum Gasteiger partial charge on any atom is -0.396 e. The Kier molecular flexibility index (Phi) is 4.94. The van der Waals surface area contributed by atoms with Crippen LogP contribution in [0, 0.1) is 5.92 Å². The molecule has 2 saturated heterocycles. The third-order valence-corrected chi connectivity index (χ3v) is 4.03. The van der Waals surface area contributed by atoms with E-state index in [4.69, 9.17) is 14.6 Å². The third kappa shape index (κ3) is 2.54. The third-order valence-electron chi connectivity index (χ3n) is 4.03. The Morgan fingerprint density at radius 3 is 2.78 bits per heavy atom. The van der Waals surface area contributed by atoms with Crippen molar-refractivity contribution in [1.82, 2.24) is 4.90 Å². The predicted octanol–water partition coefficient (Wildman–Crippen LogP) is -1.22. The second-order valence-corrected chi connectivity index (χ2v) is 5.01. The van der Waals surface area contributed by atoms with E-state index < -0.39 is 18.5 Å². The molecule has 0 bridgehead atoms. The molecule has 2 aliphatic heterocycles. The summed E-state index contributed by atoms with van der Waals surface area (Å²) in [5, 5.41) is 28.3. The highest BCUT2D eigenvalue weighted by molar-refractivity contribution is 4.98. The Bertz CT molecular complexity index is 265. The van der Waals surface area contributed by atoms with Gasteiger partial charge in [-0.25, -0.2) is 0 Å². The number of fused-ring (bicyclic) bond motifs is 1. The molecule has 0 unspecified atom stereocenters. The van der Waals surface area contributed by atoms with Crippen LogP contribution in [0.25, 0.3) is 0 Å². The summed E-state index contributed by atoms with van der Waals surface area (Å²) < 4.78 is 10.9. The van der Waals surface area contributed by atoms with Gasteiger partial charge in [0.05, 0.1) is 18.8 Å². The number of hydrogen-bond acceptors (Lipinski definition) is 6. The fourth-order valence-corrected chi connectivity index (χ4v) is 3.14. The standard InChI is InChI=1S/C12H23NO5/c1-17-12-10-8(11(16)9(7-15)18-12)3-5-13(10)4-2-6-14/h8-12,14-16H,2-7H2,1H3/t8-,9-,10+,11+,12+/m1/s1. The maximum atomic E-state index is 10.2. The smallest absolute Gasteiger partial charge is 0.173 e. The fraction of sp³-hybridized carbons (Fsp3) is 1.00. The molecule has 6 heteroatoms. The molecule has 3 N–H and O–H groups in total. The molecule has 0 saturated carbocycles. The van der Waals surface area contributed by atoms with Crippen molar-refractivity contribution >= 4 is 0 Å². The lowest BCUT2D eigenvalue weighted by atomic mass is 9.87. The van der Waals surface area contributed by atoms with Gasteiger partial charge in [-0.15, -0.1) is 0 Å². The Labute approximate surface area is 107 Å². The number of ether oxygens (including phenoxy) is 2. The van der Waals surface area contributed by atoms with E-state index in [9.17, 15) is 10.2 Å². The highest BCUT2D eigenvalue weighted by Crippen LogP contribution is 2.37. The van der Waals surface area contributed by atoms with E-state index in [1.54, 1.807) is 7.11 Å². The molecular weight excluding hydrogens is 238 g/mol. The molecule has 2 fully saturated rings. The Morgan fingerprint density at radius 2 is 2.17 bits per heavy atom. The van der Waals surface area contributed by atoms with E-state index in [1.165, 1.54) is 0 Å². The monoisotopic (exact) mass is 261 g/mol. The number of aliphatic hydroxyl groups is 3. The Morgan fingerprint density at radius 1 is 1.39 bits per heavy atom. The number of rotatable bonds is 5. The second kappa shape index (κ2) is 6.27. The molecule has 0 radical (unpaired) electrons. The predicted molar refractivity (Wildman–Crippen MR) is 63.9 cm³/mol. The summed E-state index contributed by atoms with van der Waals surface area (Å²) >= 11 is 0. The molecule has 2 aliphatic rings. The highest BCUT2D eigenvalue weighted by atomic mass is 16.7. The van der Waals surface area contributed by atoms with Crippen molar-refractivity contribution < 1.29 is 24.8 Å². The van der Waals surface area contributed by atoms with Crippen molar-refractivity contribution in [3.63, 3.8) is 0 Å². The normalized spacial score (nSPS) is 41.0. The minimum atomic E-state index is -0.648. The molecule has 0 aromatic heterocycles. The van der Waals surface area contributed by atoms with Crippen LogP contribution in [0.5, 0.6) is 0 Å². The zero-order chi connectivity index (χ0) is 13.1. The number of methoxy groups -OCH3 is 1. The SMILES string of the molecule is CO[C@H]1O[C@H](CO)[C@@H](O)[C@@H]2CCN(CCCO)[C@H]12. The number of aliphatic hydroxyl groups excluding tert-OH is 3. The van der Waals surface area contributed by atoms with Gasteiger partial charge in [0.2, 0.25) is 0 Å². The maximum absolute atomic E-state index is 10.2. The zero-order valence-electron chi connectivity index (χ0n) is 10.7. The van der Waals surface area contributed by atoms with Gasteiger partial charge in [0.1, 0.15) is 6.10 Å². The van der Waals surface area contributed by atoms with Gasteiger partial charge in [-0.05, 0) is 19.4 Å². The van der Waals surface area contributed by atoms with Gasteiger partial charge < -0.3 is 24.8 Å². The quantitative estimate of drug-likeness (QED) is 0.576. The van der Waals surface area contributed by atoms with Gasteiger partial charge >= 0.3 is 0 Å². The fourth-order valence-electron chi connectivity index (χ4n) is 3.14. The van der Waals surface area contributed by atoms with Gasteiger partial charge in [0, 0.05) is 26.2 Å². The average Bonchev–Trinajstić information content (AvgIpc) is 2.81. The molecule has 0 aliphatic carbocycles. The van der Waals surface area contributed by atoms with Crippen molar-refractivity contribution in [2.24, 2.45) is 5.92 Å².